The number of phenols is 1. The Morgan fingerprint density at radius 1 is 1.03 bits per heavy atom. The Bertz CT molecular complexity index is 730. The Labute approximate surface area is 178 Å². The standard InChI is InChI=1S/C24H33NO5/c1-29-22-16-18(12-14-21(22)26)13-15-24(28)30-17-23(27)25(19-8-4-2-5-9-19)20-10-6-3-7-11-20/h12-16,19-20,26H,2-11,17H2,1H3/b15-13+. The lowest BCUT2D eigenvalue weighted by molar-refractivity contribution is -0.152. The van der Waals surface area contributed by atoms with Gasteiger partial charge < -0.3 is 19.5 Å². The topological polar surface area (TPSA) is 76.1 Å². The first-order valence-corrected chi connectivity index (χ1v) is 11.1. The minimum Gasteiger partial charge on any atom is -0.504 e. The zero-order valence-corrected chi connectivity index (χ0v) is 17.8. The van der Waals surface area contributed by atoms with E-state index >= 15 is 0 Å². The number of amides is 1. The van der Waals surface area contributed by atoms with Crippen molar-refractivity contribution in [3.63, 3.8) is 0 Å². The molecular formula is C24H33NO5. The van der Waals surface area contributed by atoms with E-state index in [1.807, 2.05) is 0 Å². The van der Waals surface area contributed by atoms with Crippen LogP contribution < -0.4 is 4.74 Å². The maximum atomic E-state index is 13.0. The quantitative estimate of drug-likeness (QED) is 0.526. The van der Waals surface area contributed by atoms with Crippen LogP contribution in [0, 0.1) is 0 Å². The molecule has 1 aromatic rings. The lowest BCUT2D eigenvalue weighted by Crippen LogP contribution is -2.50. The molecule has 0 bridgehead atoms. The summed E-state index contributed by atoms with van der Waals surface area (Å²) in [5.74, 6) is -0.255. The van der Waals surface area contributed by atoms with Crippen molar-refractivity contribution >= 4 is 18.0 Å². The summed E-state index contributed by atoms with van der Waals surface area (Å²) in [4.78, 5) is 27.2. The Hall–Kier alpha value is -2.50. The molecule has 0 atom stereocenters. The monoisotopic (exact) mass is 415 g/mol. The summed E-state index contributed by atoms with van der Waals surface area (Å²) in [7, 11) is 1.47. The molecule has 1 N–H and O–H groups in total. The van der Waals surface area contributed by atoms with Gasteiger partial charge in [0.1, 0.15) is 0 Å². The van der Waals surface area contributed by atoms with Gasteiger partial charge in [0.25, 0.3) is 5.91 Å². The summed E-state index contributed by atoms with van der Waals surface area (Å²) in [5, 5.41) is 9.64. The lowest BCUT2D eigenvalue weighted by atomic mass is 9.88. The number of carbonyl (C=O) groups excluding carboxylic acids is 2. The van der Waals surface area contributed by atoms with Gasteiger partial charge in [0.2, 0.25) is 0 Å². The Morgan fingerprint density at radius 3 is 2.20 bits per heavy atom. The molecule has 0 aromatic heterocycles. The highest BCUT2D eigenvalue weighted by molar-refractivity contribution is 5.89. The number of rotatable bonds is 7. The molecule has 1 amide bonds. The number of hydrogen-bond acceptors (Lipinski definition) is 5. The van der Waals surface area contributed by atoms with Gasteiger partial charge in [0, 0.05) is 18.2 Å². The van der Waals surface area contributed by atoms with Crippen molar-refractivity contribution in [1.82, 2.24) is 4.90 Å². The molecule has 6 heteroatoms. The molecule has 1 aromatic carbocycles. The van der Waals surface area contributed by atoms with Crippen LogP contribution in [0.2, 0.25) is 0 Å². The number of hydrogen-bond donors (Lipinski definition) is 1. The molecule has 0 unspecified atom stereocenters. The van der Waals surface area contributed by atoms with Crippen molar-refractivity contribution in [1.29, 1.82) is 0 Å². The predicted octanol–water partition coefficient (Wildman–Crippen LogP) is 4.45. The first kappa shape index (κ1) is 22.2. The van der Waals surface area contributed by atoms with E-state index in [9.17, 15) is 14.7 Å². The fourth-order valence-electron chi connectivity index (χ4n) is 4.64. The second kappa shape index (κ2) is 11.0. The zero-order valence-electron chi connectivity index (χ0n) is 17.8. The molecule has 2 aliphatic carbocycles. The molecule has 2 aliphatic rings. The van der Waals surface area contributed by atoms with Crippen LogP contribution in [0.1, 0.15) is 69.8 Å². The molecule has 0 radical (unpaired) electrons. The van der Waals surface area contributed by atoms with Crippen LogP contribution in [0.25, 0.3) is 6.08 Å². The maximum absolute atomic E-state index is 13.0. The Balaban J connectivity index is 1.57. The minimum absolute atomic E-state index is 0.0355. The number of phenolic OH excluding ortho intramolecular Hbond substituents is 1. The van der Waals surface area contributed by atoms with Crippen LogP contribution in [0.5, 0.6) is 11.5 Å². The fraction of sp³-hybridized carbons (Fsp3) is 0.583. The van der Waals surface area contributed by atoms with Crippen LogP contribution in [0.3, 0.4) is 0 Å². The van der Waals surface area contributed by atoms with E-state index < -0.39 is 5.97 Å². The number of carbonyl (C=O) groups is 2. The van der Waals surface area contributed by atoms with Crippen LogP contribution in [0.4, 0.5) is 0 Å². The summed E-state index contributed by atoms with van der Waals surface area (Å²) < 4.78 is 10.3. The van der Waals surface area contributed by atoms with Crippen molar-refractivity contribution < 1.29 is 24.2 Å². The molecule has 0 heterocycles. The number of aromatic hydroxyl groups is 1. The van der Waals surface area contributed by atoms with Crippen molar-refractivity contribution in [3.05, 3.63) is 29.8 Å². The summed E-state index contributed by atoms with van der Waals surface area (Å²) in [6.45, 7) is -0.213. The molecule has 6 nitrogen and oxygen atoms in total. The van der Waals surface area contributed by atoms with Crippen molar-refractivity contribution in [2.24, 2.45) is 0 Å². The maximum Gasteiger partial charge on any atom is 0.331 e. The average molecular weight is 416 g/mol. The van der Waals surface area contributed by atoms with Gasteiger partial charge in [0.15, 0.2) is 18.1 Å². The SMILES string of the molecule is COc1cc(/C=C/C(=O)OCC(=O)N(C2CCCCC2)C2CCCCC2)ccc1O. The second-order valence-corrected chi connectivity index (χ2v) is 8.26. The third-order valence-electron chi connectivity index (χ3n) is 6.18. The first-order chi connectivity index (χ1) is 14.6. The van der Waals surface area contributed by atoms with Crippen molar-refractivity contribution in [3.8, 4) is 11.5 Å². The summed E-state index contributed by atoms with van der Waals surface area (Å²) in [6.07, 6.45) is 14.2. The normalized spacial score (nSPS) is 18.3. The van der Waals surface area contributed by atoms with Crippen LogP contribution in [-0.2, 0) is 14.3 Å². The van der Waals surface area contributed by atoms with Crippen LogP contribution in [-0.4, -0.2) is 47.7 Å². The highest BCUT2D eigenvalue weighted by atomic mass is 16.5. The molecule has 30 heavy (non-hydrogen) atoms. The van der Waals surface area contributed by atoms with Gasteiger partial charge in [-0.15, -0.1) is 0 Å². The molecular weight excluding hydrogens is 382 g/mol. The van der Waals surface area contributed by atoms with Crippen LogP contribution in [0.15, 0.2) is 24.3 Å². The molecule has 0 aliphatic heterocycles. The summed E-state index contributed by atoms with van der Waals surface area (Å²) in [5.41, 5.74) is 0.693. The van der Waals surface area contributed by atoms with Gasteiger partial charge in [-0.3, -0.25) is 4.79 Å². The molecule has 3 rings (SSSR count). The molecule has 2 fully saturated rings. The van der Waals surface area contributed by atoms with Gasteiger partial charge in [0.05, 0.1) is 7.11 Å². The Morgan fingerprint density at radius 2 is 1.63 bits per heavy atom. The average Bonchev–Trinajstić information content (AvgIpc) is 2.78. The van der Waals surface area contributed by atoms with Gasteiger partial charge in [-0.05, 0) is 49.5 Å². The third-order valence-corrected chi connectivity index (χ3v) is 6.18. The van der Waals surface area contributed by atoms with Gasteiger partial charge in [-0.25, -0.2) is 4.79 Å². The third kappa shape index (κ3) is 6.00. The smallest absolute Gasteiger partial charge is 0.331 e. The number of benzene rings is 1. The van der Waals surface area contributed by atoms with E-state index in [4.69, 9.17) is 9.47 Å². The number of esters is 1. The van der Waals surface area contributed by atoms with E-state index in [-0.39, 0.29) is 30.3 Å². The van der Waals surface area contributed by atoms with E-state index in [2.05, 4.69) is 4.90 Å². The van der Waals surface area contributed by atoms with Gasteiger partial charge >= 0.3 is 5.97 Å². The summed E-state index contributed by atoms with van der Waals surface area (Å²) in [6, 6.07) is 5.36. The minimum atomic E-state index is -0.553. The molecule has 0 saturated heterocycles. The number of nitrogens with zero attached hydrogens (tertiary/aromatic N) is 1. The molecule has 0 spiro atoms. The Kier molecular flexibility index (Phi) is 8.17. The molecule has 2 saturated carbocycles. The largest absolute Gasteiger partial charge is 0.504 e. The number of ether oxygens (including phenoxy) is 2. The van der Waals surface area contributed by atoms with E-state index in [1.165, 1.54) is 57.8 Å². The van der Waals surface area contributed by atoms with E-state index in [1.54, 1.807) is 18.2 Å². The first-order valence-electron chi connectivity index (χ1n) is 11.1. The van der Waals surface area contributed by atoms with Crippen molar-refractivity contribution in [2.75, 3.05) is 13.7 Å². The summed E-state index contributed by atoms with van der Waals surface area (Å²) >= 11 is 0. The van der Waals surface area contributed by atoms with Crippen LogP contribution >= 0.6 is 0 Å². The van der Waals surface area contributed by atoms with Gasteiger partial charge in [-0.2, -0.15) is 0 Å². The lowest BCUT2D eigenvalue weighted by Gasteiger charge is -2.41. The van der Waals surface area contributed by atoms with E-state index in [0.717, 1.165) is 25.7 Å². The highest BCUT2D eigenvalue weighted by Gasteiger charge is 2.32. The zero-order chi connectivity index (χ0) is 21.3. The fourth-order valence-corrected chi connectivity index (χ4v) is 4.64. The predicted molar refractivity (Wildman–Crippen MR) is 115 cm³/mol. The highest BCUT2D eigenvalue weighted by Crippen LogP contribution is 2.30. The molecule has 164 valence electrons. The number of methoxy groups -OCH3 is 1. The van der Waals surface area contributed by atoms with Crippen molar-refractivity contribution in [2.45, 2.75) is 76.3 Å². The van der Waals surface area contributed by atoms with E-state index in [0.29, 0.717) is 11.3 Å². The second-order valence-electron chi connectivity index (χ2n) is 8.26. The van der Waals surface area contributed by atoms with Gasteiger partial charge in [-0.1, -0.05) is 44.6 Å².